The maximum atomic E-state index is 13.0. The molecule has 0 radical (unpaired) electrons. The van der Waals surface area contributed by atoms with Crippen LogP contribution in [-0.2, 0) is 16.6 Å². The number of aryl methyl sites for hydroxylation is 1. The highest BCUT2D eigenvalue weighted by Gasteiger charge is 2.14. The second-order valence-corrected chi connectivity index (χ2v) is 5.70. The average molecular weight is 281 g/mol. The van der Waals surface area contributed by atoms with E-state index in [2.05, 4.69) is 14.7 Å². The van der Waals surface area contributed by atoms with Crippen molar-refractivity contribution in [3.8, 4) is 0 Å². The van der Waals surface area contributed by atoms with E-state index in [0.717, 1.165) is 11.8 Å². The number of nitrogens with zero attached hydrogens (tertiary/aromatic N) is 2. The van der Waals surface area contributed by atoms with Gasteiger partial charge in [-0.2, -0.15) is 0 Å². The minimum Gasteiger partial charge on any atom is -0.242 e. The highest BCUT2D eigenvalue weighted by molar-refractivity contribution is 7.89. The second kappa shape index (κ2) is 5.41. The normalized spacial score (nSPS) is 11.5. The summed E-state index contributed by atoms with van der Waals surface area (Å²) < 4.78 is 39.2. The number of halogens is 1. The van der Waals surface area contributed by atoms with Crippen molar-refractivity contribution >= 4 is 10.0 Å². The minimum absolute atomic E-state index is 0.0300. The lowest BCUT2D eigenvalue weighted by molar-refractivity contribution is 0.576. The molecule has 0 saturated carbocycles. The van der Waals surface area contributed by atoms with Gasteiger partial charge in [0.1, 0.15) is 12.1 Å². The quantitative estimate of drug-likeness (QED) is 0.919. The summed E-state index contributed by atoms with van der Waals surface area (Å²) in [5.41, 5.74) is 1.29. The molecular weight excluding hydrogens is 269 g/mol. The molecule has 0 saturated heterocycles. The van der Waals surface area contributed by atoms with Gasteiger partial charge in [0, 0.05) is 5.69 Å². The predicted molar refractivity (Wildman–Crippen MR) is 67.2 cm³/mol. The van der Waals surface area contributed by atoms with Gasteiger partial charge in [-0.15, -0.1) is 0 Å². The van der Waals surface area contributed by atoms with E-state index in [0.29, 0.717) is 5.69 Å². The van der Waals surface area contributed by atoms with Crippen molar-refractivity contribution in [1.29, 1.82) is 0 Å². The van der Waals surface area contributed by atoms with Crippen molar-refractivity contribution in [3.63, 3.8) is 0 Å². The number of nitrogens with one attached hydrogen (secondary N) is 1. The Labute approximate surface area is 110 Å². The third-order valence-corrected chi connectivity index (χ3v) is 3.81. The molecule has 0 fully saturated rings. The Morgan fingerprint density at radius 3 is 2.74 bits per heavy atom. The molecule has 100 valence electrons. The summed E-state index contributed by atoms with van der Waals surface area (Å²) in [4.78, 5) is 7.75. The van der Waals surface area contributed by atoms with E-state index in [4.69, 9.17) is 0 Å². The first-order valence-electron chi connectivity index (χ1n) is 5.50. The van der Waals surface area contributed by atoms with E-state index < -0.39 is 15.8 Å². The van der Waals surface area contributed by atoms with Crippen LogP contribution in [0, 0.1) is 12.7 Å². The maximum absolute atomic E-state index is 13.0. The summed E-state index contributed by atoms with van der Waals surface area (Å²) in [5, 5.41) is 0. The fourth-order valence-corrected chi connectivity index (χ4v) is 2.52. The monoisotopic (exact) mass is 281 g/mol. The third kappa shape index (κ3) is 3.55. The lowest BCUT2D eigenvalue weighted by Crippen LogP contribution is -2.23. The number of sulfonamides is 1. The summed E-state index contributed by atoms with van der Waals surface area (Å²) in [5.74, 6) is -0.597. The second-order valence-electron chi connectivity index (χ2n) is 3.93. The SMILES string of the molecule is Cc1cc(CNS(=O)(=O)c2cccc(F)c2)ncn1. The smallest absolute Gasteiger partial charge is 0.241 e. The largest absolute Gasteiger partial charge is 0.242 e. The van der Waals surface area contributed by atoms with Crippen LogP contribution in [0.2, 0.25) is 0 Å². The molecule has 0 atom stereocenters. The van der Waals surface area contributed by atoms with Crippen LogP contribution in [0.15, 0.2) is 41.6 Å². The Kier molecular flexibility index (Phi) is 3.87. The molecule has 0 amide bonds. The van der Waals surface area contributed by atoms with E-state index in [9.17, 15) is 12.8 Å². The Morgan fingerprint density at radius 2 is 2.05 bits per heavy atom. The molecule has 5 nitrogen and oxygen atoms in total. The number of benzene rings is 1. The fourth-order valence-electron chi connectivity index (χ4n) is 1.49. The Hall–Kier alpha value is -1.86. The van der Waals surface area contributed by atoms with Gasteiger partial charge >= 0.3 is 0 Å². The summed E-state index contributed by atoms with van der Waals surface area (Å²) in [6.45, 7) is 1.81. The van der Waals surface area contributed by atoms with Crippen LogP contribution >= 0.6 is 0 Å². The highest BCUT2D eigenvalue weighted by Crippen LogP contribution is 2.10. The number of rotatable bonds is 4. The highest BCUT2D eigenvalue weighted by atomic mass is 32.2. The maximum Gasteiger partial charge on any atom is 0.241 e. The lowest BCUT2D eigenvalue weighted by atomic mass is 10.3. The molecule has 0 aliphatic carbocycles. The van der Waals surface area contributed by atoms with Gasteiger partial charge in [0.05, 0.1) is 17.1 Å². The van der Waals surface area contributed by atoms with E-state index in [1.807, 2.05) is 0 Å². The van der Waals surface area contributed by atoms with Crippen LogP contribution in [0.1, 0.15) is 11.4 Å². The zero-order chi connectivity index (χ0) is 13.9. The first-order chi connectivity index (χ1) is 8.97. The molecule has 7 heteroatoms. The first kappa shape index (κ1) is 13.6. The van der Waals surface area contributed by atoms with Crippen LogP contribution in [0.5, 0.6) is 0 Å². The summed E-state index contributed by atoms with van der Waals surface area (Å²) in [6.07, 6.45) is 1.36. The van der Waals surface area contributed by atoms with Gasteiger partial charge in [0.25, 0.3) is 0 Å². The molecule has 2 aromatic rings. The van der Waals surface area contributed by atoms with Crippen molar-refractivity contribution in [3.05, 3.63) is 53.9 Å². The van der Waals surface area contributed by atoms with Crippen molar-refractivity contribution in [2.45, 2.75) is 18.4 Å². The van der Waals surface area contributed by atoms with Crippen LogP contribution in [0.25, 0.3) is 0 Å². The first-order valence-corrected chi connectivity index (χ1v) is 6.98. The summed E-state index contributed by atoms with van der Waals surface area (Å²) in [6, 6.07) is 6.50. The van der Waals surface area contributed by atoms with Crippen LogP contribution in [-0.4, -0.2) is 18.4 Å². The minimum atomic E-state index is -3.74. The number of hydrogen-bond donors (Lipinski definition) is 1. The van der Waals surface area contributed by atoms with Gasteiger partial charge in [0.15, 0.2) is 0 Å². The third-order valence-electron chi connectivity index (χ3n) is 2.41. The molecule has 1 aromatic carbocycles. The van der Waals surface area contributed by atoms with Crippen molar-refractivity contribution in [1.82, 2.24) is 14.7 Å². The fraction of sp³-hybridized carbons (Fsp3) is 0.167. The van der Waals surface area contributed by atoms with Crippen LogP contribution in [0.4, 0.5) is 4.39 Å². The summed E-state index contributed by atoms with van der Waals surface area (Å²) in [7, 11) is -3.74. The number of hydrogen-bond acceptors (Lipinski definition) is 4. The van der Waals surface area contributed by atoms with Gasteiger partial charge in [-0.3, -0.25) is 0 Å². The Bertz CT molecular complexity index is 689. The number of aromatic nitrogens is 2. The van der Waals surface area contributed by atoms with Gasteiger partial charge in [-0.25, -0.2) is 27.5 Å². The predicted octanol–water partition coefficient (Wildman–Crippen LogP) is 1.40. The van der Waals surface area contributed by atoms with Gasteiger partial charge in [-0.05, 0) is 31.2 Å². The zero-order valence-corrected chi connectivity index (χ0v) is 11.0. The molecule has 19 heavy (non-hydrogen) atoms. The molecule has 0 aliphatic heterocycles. The molecule has 1 heterocycles. The van der Waals surface area contributed by atoms with Crippen molar-refractivity contribution in [2.24, 2.45) is 0 Å². The van der Waals surface area contributed by atoms with E-state index in [-0.39, 0.29) is 11.4 Å². The lowest BCUT2D eigenvalue weighted by Gasteiger charge is -2.06. The molecule has 2 rings (SSSR count). The van der Waals surface area contributed by atoms with Crippen LogP contribution in [0.3, 0.4) is 0 Å². The standard InChI is InChI=1S/C12H12FN3O2S/c1-9-5-11(15-8-14-9)7-16-19(17,18)12-4-2-3-10(13)6-12/h2-6,8,16H,7H2,1H3. The molecule has 0 unspecified atom stereocenters. The Morgan fingerprint density at radius 1 is 1.26 bits per heavy atom. The Balaban J connectivity index is 2.14. The van der Waals surface area contributed by atoms with Gasteiger partial charge < -0.3 is 0 Å². The average Bonchev–Trinajstić information content (AvgIpc) is 2.37. The zero-order valence-electron chi connectivity index (χ0n) is 10.2. The molecule has 1 N–H and O–H groups in total. The molecule has 0 aliphatic rings. The van der Waals surface area contributed by atoms with Crippen LogP contribution < -0.4 is 4.72 Å². The van der Waals surface area contributed by atoms with E-state index in [1.165, 1.54) is 24.5 Å². The van der Waals surface area contributed by atoms with E-state index in [1.54, 1.807) is 13.0 Å². The topological polar surface area (TPSA) is 72.0 Å². The molecular formula is C12H12FN3O2S. The summed E-state index contributed by atoms with van der Waals surface area (Å²) >= 11 is 0. The molecule has 0 bridgehead atoms. The van der Waals surface area contributed by atoms with Crippen molar-refractivity contribution in [2.75, 3.05) is 0 Å². The van der Waals surface area contributed by atoms with Gasteiger partial charge in [0.2, 0.25) is 10.0 Å². The molecule has 0 spiro atoms. The van der Waals surface area contributed by atoms with Crippen molar-refractivity contribution < 1.29 is 12.8 Å². The van der Waals surface area contributed by atoms with E-state index >= 15 is 0 Å². The molecule has 1 aromatic heterocycles. The van der Waals surface area contributed by atoms with Gasteiger partial charge in [-0.1, -0.05) is 6.07 Å².